The number of carbonyl (C=O) groups is 1. The van der Waals surface area contributed by atoms with Crippen molar-refractivity contribution in [2.45, 2.75) is 64.2 Å². The molecule has 0 radical (unpaired) electrons. The molecular weight excluding hydrogens is 238 g/mol. The Kier molecular flexibility index (Phi) is 9.42. The molecule has 0 spiro atoms. The topological polar surface area (TPSA) is 49.3 Å². The summed E-state index contributed by atoms with van der Waals surface area (Å²) in [5.74, 6) is 0.632. The summed E-state index contributed by atoms with van der Waals surface area (Å²) in [4.78, 5) is 11.8. The molecule has 0 aliphatic heterocycles. The van der Waals surface area contributed by atoms with Gasteiger partial charge in [-0.3, -0.25) is 4.79 Å². The maximum absolute atomic E-state index is 11.8. The summed E-state index contributed by atoms with van der Waals surface area (Å²) < 4.78 is 0. The first-order valence-corrected chi connectivity index (χ1v) is 7.87. The van der Waals surface area contributed by atoms with Gasteiger partial charge in [0.1, 0.15) is 0 Å². The molecule has 1 aliphatic carbocycles. The van der Waals surface area contributed by atoms with Gasteiger partial charge >= 0.3 is 0 Å². The number of aliphatic hydroxyl groups is 1. The number of amides is 1. The van der Waals surface area contributed by atoms with Gasteiger partial charge in [0.2, 0.25) is 5.91 Å². The fourth-order valence-electron chi connectivity index (χ4n) is 2.53. The third-order valence-electron chi connectivity index (χ3n) is 3.71. The zero-order chi connectivity index (χ0) is 13.8. The van der Waals surface area contributed by atoms with Gasteiger partial charge in [-0.25, -0.2) is 0 Å². The molecule has 1 rings (SSSR count). The summed E-state index contributed by atoms with van der Waals surface area (Å²) >= 11 is 0. The lowest BCUT2D eigenvalue weighted by molar-refractivity contribution is -0.121. The second kappa shape index (κ2) is 11.0. The average molecular weight is 267 g/mol. The first kappa shape index (κ1) is 16.2. The van der Waals surface area contributed by atoms with E-state index in [1.54, 1.807) is 0 Å². The standard InChI is InChI=1S/C16H29NO2/c18-13-9-5-4-8-12-17-16(19)14-15-10-6-2-1-3-7-11-15/h6,10,15,18H,1-5,7-9,11-14H2,(H,17,19)/b10-6+. The normalized spacial score (nSPS) is 21.4. The molecule has 0 heterocycles. The first-order chi connectivity index (χ1) is 9.33. The Bertz CT molecular complexity index is 263. The Labute approximate surface area is 117 Å². The van der Waals surface area contributed by atoms with Gasteiger partial charge in [0, 0.05) is 19.6 Å². The second-order valence-electron chi connectivity index (χ2n) is 5.52. The Morgan fingerprint density at radius 3 is 2.84 bits per heavy atom. The summed E-state index contributed by atoms with van der Waals surface area (Å²) in [5, 5.41) is 11.7. The lowest BCUT2D eigenvalue weighted by Gasteiger charge is -2.14. The van der Waals surface area contributed by atoms with E-state index in [1.807, 2.05) is 0 Å². The molecule has 2 N–H and O–H groups in total. The van der Waals surface area contributed by atoms with E-state index < -0.39 is 0 Å². The Hall–Kier alpha value is -0.830. The van der Waals surface area contributed by atoms with Crippen LogP contribution in [0.15, 0.2) is 12.2 Å². The molecule has 0 aromatic carbocycles. The maximum atomic E-state index is 11.8. The zero-order valence-corrected chi connectivity index (χ0v) is 12.1. The van der Waals surface area contributed by atoms with Gasteiger partial charge in [-0.15, -0.1) is 0 Å². The molecule has 0 aromatic rings. The third-order valence-corrected chi connectivity index (χ3v) is 3.71. The molecule has 3 heteroatoms. The lowest BCUT2D eigenvalue weighted by Crippen LogP contribution is -2.26. The van der Waals surface area contributed by atoms with Crippen LogP contribution in [-0.4, -0.2) is 24.2 Å². The van der Waals surface area contributed by atoms with E-state index in [2.05, 4.69) is 17.5 Å². The molecule has 1 unspecified atom stereocenters. The predicted octanol–water partition coefficient (Wildman–Crippen LogP) is 3.18. The minimum Gasteiger partial charge on any atom is -0.396 e. The summed E-state index contributed by atoms with van der Waals surface area (Å²) in [6.45, 7) is 1.06. The molecule has 1 atom stereocenters. The Morgan fingerprint density at radius 1 is 1.16 bits per heavy atom. The highest BCUT2D eigenvalue weighted by Gasteiger charge is 2.11. The fourth-order valence-corrected chi connectivity index (χ4v) is 2.53. The van der Waals surface area contributed by atoms with Crippen LogP contribution < -0.4 is 5.32 Å². The smallest absolute Gasteiger partial charge is 0.220 e. The van der Waals surface area contributed by atoms with E-state index in [4.69, 9.17) is 5.11 Å². The van der Waals surface area contributed by atoms with E-state index in [0.717, 1.165) is 38.6 Å². The minimum absolute atomic E-state index is 0.192. The van der Waals surface area contributed by atoms with Gasteiger partial charge < -0.3 is 10.4 Å². The number of carbonyl (C=O) groups excluding carboxylic acids is 1. The molecule has 1 aliphatic rings. The number of aliphatic hydroxyl groups excluding tert-OH is 1. The van der Waals surface area contributed by atoms with Crippen molar-refractivity contribution in [3.05, 3.63) is 12.2 Å². The summed E-state index contributed by atoms with van der Waals surface area (Å²) in [7, 11) is 0. The number of hydrogen-bond acceptors (Lipinski definition) is 2. The second-order valence-corrected chi connectivity index (χ2v) is 5.52. The van der Waals surface area contributed by atoms with Crippen molar-refractivity contribution in [2.24, 2.45) is 5.92 Å². The van der Waals surface area contributed by atoms with Crippen LogP contribution in [0.25, 0.3) is 0 Å². The minimum atomic E-state index is 0.192. The van der Waals surface area contributed by atoms with Crippen LogP contribution in [0, 0.1) is 5.92 Å². The SMILES string of the molecule is O=C(CC1/C=C/CCCCC1)NCCCCCCO. The summed E-state index contributed by atoms with van der Waals surface area (Å²) in [5.41, 5.74) is 0. The van der Waals surface area contributed by atoms with Crippen LogP contribution in [0.1, 0.15) is 64.2 Å². The van der Waals surface area contributed by atoms with Crippen molar-refractivity contribution >= 4 is 5.91 Å². The number of allylic oxidation sites excluding steroid dienone is 2. The van der Waals surface area contributed by atoms with Gasteiger partial charge in [0.25, 0.3) is 0 Å². The molecule has 1 amide bonds. The van der Waals surface area contributed by atoms with Crippen molar-refractivity contribution in [2.75, 3.05) is 13.2 Å². The molecule has 3 nitrogen and oxygen atoms in total. The van der Waals surface area contributed by atoms with E-state index in [-0.39, 0.29) is 12.5 Å². The highest BCUT2D eigenvalue weighted by molar-refractivity contribution is 5.76. The molecule has 19 heavy (non-hydrogen) atoms. The summed E-state index contributed by atoms with van der Waals surface area (Å²) in [6.07, 6.45) is 15.3. The molecule has 0 fully saturated rings. The van der Waals surface area contributed by atoms with Gasteiger partial charge in [-0.05, 0) is 38.0 Å². The van der Waals surface area contributed by atoms with Gasteiger partial charge in [-0.2, -0.15) is 0 Å². The van der Waals surface area contributed by atoms with Crippen LogP contribution in [-0.2, 0) is 4.79 Å². The predicted molar refractivity (Wildman–Crippen MR) is 78.9 cm³/mol. The van der Waals surface area contributed by atoms with Crippen LogP contribution >= 0.6 is 0 Å². The number of rotatable bonds is 8. The van der Waals surface area contributed by atoms with Crippen LogP contribution in [0.5, 0.6) is 0 Å². The van der Waals surface area contributed by atoms with Crippen LogP contribution in [0.3, 0.4) is 0 Å². The van der Waals surface area contributed by atoms with E-state index in [0.29, 0.717) is 12.3 Å². The van der Waals surface area contributed by atoms with Crippen LogP contribution in [0.2, 0.25) is 0 Å². The number of unbranched alkanes of at least 4 members (excludes halogenated alkanes) is 3. The molecule has 110 valence electrons. The van der Waals surface area contributed by atoms with E-state index in [1.165, 1.54) is 25.7 Å². The Balaban J connectivity index is 2.07. The van der Waals surface area contributed by atoms with E-state index >= 15 is 0 Å². The Morgan fingerprint density at radius 2 is 2.00 bits per heavy atom. The quantitative estimate of drug-likeness (QED) is 0.524. The molecular formula is C16H29NO2. The fraction of sp³-hybridized carbons (Fsp3) is 0.812. The first-order valence-electron chi connectivity index (χ1n) is 7.87. The highest BCUT2D eigenvalue weighted by Crippen LogP contribution is 2.19. The van der Waals surface area contributed by atoms with Gasteiger partial charge in [0.05, 0.1) is 0 Å². The van der Waals surface area contributed by atoms with Gasteiger partial charge in [-0.1, -0.05) is 37.8 Å². The van der Waals surface area contributed by atoms with E-state index in [9.17, 15) is 4.79 Å². The molecule has 0 aromatic heterocycles. The number of nitrogens with one attached hydrogen (secondary N) is 1. The van der Waals surface area contributed by atoms with Crippen molar-refractivity contribution in [3.63, 3.8) is 0 Å². The molecule has 0 saturated heterocycles. The van der Waals surface area contributed by atoms with Crippen molar-refractivity contribution in [3.8, 4) is 0 Å². The molecule has 0 bridgehead atoms. The zero-order valence-electron chi connectivity index (χ0n) is 12.1. The third kappa shape index (κ3) is 8.82. The average Bonchev–Trinajstić information content (AvgIpc) is 2.37. The largest absolute Gasteiger partial charge is 0.396 e. The highest BCUT2D eigenvalue weighted by atomic mass is 16.2. The lowest BCUT2D eigenvalue weighted by atomic mass is 9.94. The van der Waals surface area contributed by atoms with Crippen molar-refractivity contribution < 1.29 is 9.90 Å². The molecule has 0 saturated carbocycles. The van der Waals surface area contributed by atoms with Crippen LogP contribution in [0.4, 0.5) is 0 Å². The summed E-state index contributed by atoms with van der Waals surface area (Å²) in [6, 6.07) is 0. The number of hydrogen-bond donors (Lipinski definition) is 2. The van der Waals surface area contributed by atoms with Crippen molar-refractivity contribution in [1.82, 2.24) is 5.32 Å². The maximum Gasteiger partial charge on any atom is 0.220 e. The monoisotopic (exact) mass is 267 g/mol. The van der Waals surface area contributed by atoms with Gasteiger partial charge in [0.15, 0.2) is 0 Å². The van der Waals surface area contributed by atoms with Crippen molar-refractivity contribution in [1.29, 1.82) is 0 Å².